The van der Waals surface area contributed by atoms with Crippen molar-refractivity contribution >= 4 is 27.8 Å². The second kappa shape index (κ2) is 4.86. The summed E-state index contributed by atoms with van der Waals surface area (Å²) in [5.74, 6) is 6.50. The molecule has 0 fully saturated rings. The van der Waals surface area contributed by atoms with Gasteiger partial charge >= 0.3 is 0 Å². The summed E-state index contributed by atoms with van der Waals surface area (Å²) in [5.41, 5.74) is 1.91. The minimum Gasteiger partial charge on any atom is -0.288 e. The van der Waals surface area contributed by atoms with Crippen molar-refractivity contribution in [2.45, 2.75) is 6.92 Å². The van der Waals surface area contributed by atoms with Gasteiger partial charge in [-0.25, -0.2) is 0 Å². The maximum absolute atomic E-state index is 10.7. The van der Waals surface area contributed by atoms with Crippen LogP contribution in [0.15, 0.2) is 24.4 Å². The molecule has 0 aliphatic rings. The number of benzene rings is 1. The van der Waals surface area contributed by atoms with Crippen molar-refractivity contribution in [1.29, 1.82) is 0 Å². The van der Waals surface area contributed by atoms with Gasteiger partial charge in [0.15, 0.2) is 5.12 Å². The molecule has 0 bridgehead atoms. The number of rotatable bonds is 1. The van der Waals surface area contributed by atoms with E-state index in [1.54, 1.807) is 13.1 Å². The second-order valence-electron chi connectivity index (χ2n) is 3.25. The van der Waals surface area contributed by atoms with Crippen LogP contribution >= 0.6 is 11.8 Å². The fraction of sp³-hybridized carbons (Fsp3) is 0.167. The van der Waals surface area contributed by atoms with Crippen LogP contribution in [-0.2, 0) is 4.79 Å². The summed E-state index contributed by atoms with van der Waals surface area (Å²) >= 11 is 1.22. The largest absolute Gasteiger partial charge is 0.288 e. The van der Waals surface area contributed by atoms with E-state index in [-0.39, 0.29) is 5.12 Å². The van der Waals surface area contributed by atoms with Crippen molar-refractivity contribution in [3.05, 3.63) is 30.0 Å². The lowest BCUT2D eigenvalue weighted by Crippen LogP contribution is -1.82. The lowest BCUT2D eigenvalue weighted by molar-refractivity contribution is -0.109. The Kier molecular flexibility index (Phi) is 3.28. The Morgan fingerprint density at radius 1 is 1.56 bits per heavy atom. The van der Waals surface area contributed by atoms with Gasteiger partial charge in [-0.3, -0.25) is 9.89 Å². The van der Waals surface area contributed by atoms with Crippen molar-refractivity contribution in [3.8, 4) is 11.8 Å². The van der Waals surface area contributed by atoms with E-state index in [2.05, 4.69) is 22.0 Å². The molecular formula is C12H10N2OS. The molecule has 0 saturated heterocycles. The highest BCUT2D eigenvalue weighted by Gasteiger charge is 1.95. The van der Waals surface area contributed by atoms with Crippen LogP contribution in [0.3, 0.4) is 0 Å². The lowest BCUT2D eigenvalue weighted by atomic mass is 10.2. The Bertz CT molecular complexity index is 577. The molecule has 16 heavy (non-hydrogen) atoms. The number of hydrogen-bond donors (Lipinski definition) is 1. The minimum atomic E-state index is 0.0957. The van der Waals surface area contributed by atoms with Crippen LogP contribution in [-0.4, -0.2) is 21.1 Å². The molecule has 1 aromatic heterocycles. The molecule has 0 aliphatic heterocycles. The normalized spacial score (nSPS) is 9.81. The molecule has 0 aliphatic carbocycles. The number of carbonyl (C=O) groups excluding carboxylic acids is 1. The van der Waals surface area contributed by atoms with Gasteiger partial charge in [0.2, 0.25) is 0 Å². The molecule has 0 spiro atoms. The van der Waals surface area contributed by atoms with Crippen molar-refractivity contribution in [3.63, 3.8) is 0 Å². The van der Waals surface area contributed by atoms with Crippen LogP contribution in [0.5, 0.6) is 0 Å². The zero-order valence-electron chi connectivity index (χ0n) is 8.78. The van der Waals surface area contributed by atoms with Gasteiger partial charge in [-0.1, -0.05) is 23.6 Å². The van der Waals surface area contributed by atoms with Gasteiger partial charge in [-0.15, -0.1) is 0 Å². The molecule has 0 radical (unpaired) electrons. The maximum Gasteiger partial charge on any atom is 0.186 e. The number of carbonyl (C=O) groups is 1. The summed E-state index contributed by atoms with van der Waals surface area (Å²) in [6, 6.07) is 5.87. The fourth-order valence-corrected chi connectivity index (χ4v) is 1.64. The molecule has 1 N–H and O–H groups in total. The zero-order valence-corrected chi connectivity index (χ0v) is 9.60. The van der Waals surface area contributed by atoms with Gasteiger partial charge in [0.05, 0.1) is 17.5 Å². The van der Waals surface area contributed by atoms with Crippen molar-refractivity contribution in [2.24, 2.45) is 0 Å². The van der Waals surface area contributed by atoms with Gasteiger partial charge < -0.3 is 0 Å². The van der Waals surface area contributed by atoms with Gasteiger partial charge in [0.25, 0.3) is 0 Å². The molecule has 1 aromatic carbocycles. The van der Waals surface area contributed by atoms with Crippen LogP contribution in [0.2, 0.25) is 0 Å². The van der Waals surface area contributed by atoms with Gasteiger partial charge in [0.1, 0.15) is 0 Å². The predicted octanol–water partition coefficient (Wildman–Crippen LogP) is 2.19. The molecule has 0 unspecified atom stereocenters. The Morgan fingerprint density at radius 2 is 2.44 bits per heavy atom. The molecule has 3 nitrogen and oxygen atoms in total. The Hall–Kier alpha value is -1.73. The predicted molar refractivity (Wildman–Crippen MR) is 66.1 cm³/mol. The standard InChI is InChI=1S/C12H10N2OS/c1-9(15)16-6-2-3-10-4-5-11-8-13-14-12(11)7-10/h4-5,7-8H,6H2,1H3,(H,13,14). The van der Waals surface area contributed by atoms with Crippen LogP contribution in [0.25, 0.3) is 10.9 Å². The van der Waals surface area contributed by atoms with Crippen LogP contribution in [0, 0.1) is 11.8 Å². The van der Waals surface area contributed by atoms with Gasteiger partial charge in [-0.05, 0) is 18.2 Å². The van der Waals surface area contributed by atoms with Gasteiger partial charge in [-0.2, -0.15) is 5.10 Å². The smallest absolute Gasteiger partial charge is 0.186 e. The van der Waals surface area contributed by atoms with Crippen LogP contribution in [0.1, 0.15) is 12.5 Å². The Labute approximate surface area is 97.6 Å². The molecule has 4 heteroatoms. The topological polar surface area (TPSA) is 45.8 Å². The monoisotopic (exact) mass is 230 g/mol. The van der Waals surface area contributed by atoms with Crippen LogP contribution < -0.4 is 0 Å². The summed E-state index contributed by atoms with van der Waals surface area (Å²) in [5, 5.41) is 8.00. The Morgan fingerprint density at radius 3 is 3.25 bits per heavy atom. The third-order valence-corrected chi connectivity index (χ3v) is 2.72. The highest BCUT2D eigenvalue weighted by molar-refractivity contribution is 8.13. The lowest BCUT2D eigenvalue weighted by Gasteiger charge is -1.90. The van der Waals surface area contributed by atoms with Crippen molar-refractivity contribution < 1.29 is 4.79 Å². The number of thioether (sulfide) groups is 1. The number of hydrogen-bond acceptors (Lipinski definition) is 3. The van der Waals surface area contributed by atoms with Crippen molar-refractivity contribution in [1.82, 2.24) is 10.2 Å². The molecule has 2 rings (SSSR count). The molecule has 0 amide bonds. The number of nitrogens with zero attached hydrogens (tertiary/aromatic N) is 1. The quantitative estimate of drug-likeness (QED) is 0.764. The van der Waals surface area contributed by atoms with Crippen LogP contribution in [0.4, 0.5) is 0 Å². The fourth-order valence-electron chi connectivity index (χ4n) is 1.29. The summed E-state index contributed by atoms with van der Waals surface area (Å²) in [6.45, 7) is 1.54. The summed E-state index contributed by atoms with van der Waals surface area (Å²) < 4.78 is 0. The molecule has 0 atom stereocenters. The first-order valence-corrected chi connectivity index (χ1v) is 5.79. The molecule has 1 heterocycles. The zero-order chi connectivity index (χ0) is 11.4. The number of nitrogens with one attached hydrogen (secondary N) is 1. The third kappa shape index (κ3) is 2.65. The van der Waals surface area contributed by atoms with E-state index in [9.17, 15) is 4.79 Å². The summed E-state index contributed by atoms with van der Waals surface area (Å²) in [4.78, 5) is 10.7. The minimum absolute atomic E-state index is 0.0957. The summed E-state index contributed by atoms with van der Waals surface area (Å²) in [7, 11) is 0. The van der Waals surface area contributed by atoms with E-state index < -0.39 is 0 Å². The maximum atomic E-state index is 10.7. The first-order valence-electron chi connectivity index (χ1n) is 4.81. The van der Waals surface area contributed by atoms with Gasteiger partial charge in [0, 0.05) is 17.9 Å². The average molecular weight is 230 g/mol. The molecular weight excluding hydrogens is 220 g/mol. The van der Waals surface area contributed by atoms with E-state index in [0.717, 1.165) is 16.5 Å². The number of H-pyrrole nitrogens is 1. The number of aromatic amines is 1. The SMILES string of the molecule is CC(=O)SCC#Cc1ccc2cn[nH]c2c1. The average Bonchev–Trinajstić information content (AvgIpc) is 2.71. The highest BCUT2D eigenvalue weighted by atomic mass is 32.2. The first kappa shape index (κ1) is 10.8. The summed E-state index contributed by atoms with van der Waals surface area (Å²) in [6.07, 6.45) is 1.78. The number of aromatic nitrogens is 2. The highest BCUT2D eigenvalue weighted by Crippen LogP contribution is 2.11. The van der Waals surface area contributed by atoms with E-state index in [1.807, 2.05) is 18.2 Å². The second-order valence-corrected chi connectivity index (χ2v) is 4.41. The molecule has 0 saturated carbocycles. The molecule has 80 valence electrons. The van der Waals surface area contributed by atoms with E-state index >= 15 is 0 Å². The first-order chi connectivity index (χ1) is 7.75. The van der Waals surface area contributed by atoms with Crippen molar-refractivity contribution in [2.75, 3.05) is 5.75 Å². The van der Waals surface area contributed by atoms with E-state index in [1.165, 1.54) is 11.8 Å². The molecule has 2 aromatic rings. The Balaban J connectivity index is 2.11. The third-order valence-electron chi connectivity index (χ3n) is 2.02. The van der Waals surface area contributed by atoms with E-state index in [0.29, 0.717) is 5.75 Å². The number of fused-ring (bicyclic) bond motifs is 1. The van der Waals surface area contributed by atoms with E-state index in [4.69, 9.17) is 0 Å².